The van der Waals surface area contributed by atoms with Gasteiger partial charge in [-0.05, 0) is 26.0 Å². The number of hydrogen-bond acceptors (Lipinski definition) is 7. The third kappa shape index (κ3) is 4.67. The van der Waals surface area contributed by atoms with Gasteiger partial charge < -0.3 is 24.3 Å². The van der Waals surface area contributed by atoms with Crippen LogP contribution in [0.2, 0.25) is 5.02 Å². The van der Waals surface area contributed by atoms with Gasteiger partial charge >= 0.3 is 11.7 Å². The maximum atomic E-state index is 14.4. The summed E-state index contributed by atoms with van der Waals surface area (Å²) in [6.45, 7) is 2.12. The predicted molar refractivity (Wildman–Crippen MR) is 124 cm³/mol. The summed E-state index contributed by atoms with van der Waals surface area (Å²) in [6.07, 6.45) is 0. The van der Waals surface area contributed by atoms with E-state index in [2.05, 4.69) is 15.0 Å². The molecule has 2 aromatic heterocycles. The summed E-state index contributed by atoms with van der Waals surface area (Å²) < 4.78 is 45.5. The van der Waals surface area contributed by atoms with Gasteiger partial charge in [0.2, 0.25) is 0 Å². The second-order valence-corrected chi connectivity index (χ2v) is 7.99. The maximum absolute atomic E-state index is 14.4. The number of hydrogen-bond donors (Lipinski definition) is 2. The van der Waals surface area contributed by atoms with E-state index in [9.17, 15) is 18.4 Å². The number of rotatable bonds is 8. The zero-order chi connectivity index (χ0) is 26.1. The topological polar surface area (TPSA) is 129 Å². The van der Waals surface area contributed by atoms with Crippen LogP contribution in [0, 0.1) is 25.5 Å². The number of carboxylic acid groups (broad SMARTS) is 1. The average Bonchev–Trinajstić information content (AvgIpc) is 3.15. The minimum atomic E-state index is -1.27. The Balaban J connectivity index is 1.84. The van der Waals surface area contributed by atoms with Crippen molar-refractivity contribution in [3.8, 4) is 22.9 Å². The van der Waals surface area contributed by atoms with Crippen LogP contribution in [-0.4, -0.2) is 44.3 Å². The van der Waals surface area contributed by atoms with E-state index in [1.807, 2.05) is 0 Å². The summed E-state index contributed by atoms with van der Waals surface area (Å²) in [6, 6.07) is 4.71. The van der Waals surface area contributed by atoms with Gasteiger partial charge in [-0.1, -0.05) is 11.6 Å². The first-order valence-electron chi connectivity index (χ1n) is 10.4. The molecule has 0 aliphatic carbocycles. The number of methoxy groups -OCH3 is 1. The minimum absolute atomic E-state index is 0.00849. The molecule has 188 valence electrons. The Labute approximate surface area is 207 Å². The molecule has 10 nitrogen and oxygen atoms in total. The van der Waals surface area contributed by atoms with Gasteiger partial charge in [0.15, 0.2) is 35.4 Å². The number of ether oxygens (including phenoxy) is 3. The van der Waals surface area contributed by atoms with E-state index in [1.54, 1.807) is 13.8 Å². The molecule has 0 fully saturated rings. The number of H-pyrrole nitrogens is 1. The number of aromatic nitrogens is 4. The molecule has 4 aromatic rings. The van der Waals surface area contributed by atoms with E-state index in [1.165, 1.54) is 29.9 Å². The van der Waals surface area contributed by atoms with Crippen LogP contribution in [0.1, 0.15) is 17.1 Å². The van der Waals surface area contributed by atoms with E-state index < -0.39 is 36.5 Å². The minimum Gasteiger partial charge on any atom is -0.496 e. The van der Waals surface area contributed by atoms with Crippen molar-refractivity contribution in [1.82, 2.24) is 19.5 Å². The summed E-state index contributed by atoms with van der Waals surface area (Å²) in [5, 5.41) is 9.03. The molecule has 2 heterocycles. The van der Waals surface area contributed by atoms with Crippen LogP contribution in [0.15, 0.2) is 29.1 Å². The van der Waals surface area contributed by atoms with Crippen molar-refractivity contribution in [2.24, 2.45) is 0 Å². The number of nitrogens with one attached hydrogen (secondary N) is 1. The van der Waals surface area contributed by atoms with Crippen molar-refractivity contribution in [2.75, 3.05) is 13.7 Å². The second-order valence-electron chi connectivity index (χ2n) is 7.58. The Bertz CT molecular complexity index is 1550. The second kappa shape index (κ2) is 9.82. The first kappa shape index (κ1) is 24.9. The molecule has 0 aliphatic heterocycles. The fourth-order valence-electron chi connectivity index (χ4n) is 3.60. The largest absolute Gasteiger partial charge is 0.496 e. The van der Waals surface area contributed by atoms with Crippen molar-refractivity contribution in [3.05, 3.63) is 68.5 Å². The number of halogens is 3. The number of aromatic amines is 1. The molecule has 2 aromatic carbocycles. The van der Waals surface area contributed by atoms with E-state index in [0.717, 1.165) is 6.07 Å². The third-order valence-corrected chi connectivity index (χ3v) is 5.48. The Morgan fingerprint density at radius 1 is 1.14 bits per heavy atom. The Morgan fingerprint density at radius 2 is 1.86 bits per heavy atom. The lowest BCUT2D eigenvalue weighted by atomic mass is 10.2. The molecular formula is C23H19ClF2N4O6. The lowest BCUT2D eigenvalue weighted by molar-refractivity contribution is -0.139. The highest BCUT2D eigenvalue weighted by Gasteiger charge is 2.21. The molecule has 36 heavy (non-hydrogen) atoms. The summed E-state index contributed by atoms with van der Waals surface area (Å²) in [5.41, 5.74) is 0.502. The predicted octanol–water partition coefficient (Wildman–Crippen LogP) is 3.71. The summed E-state index contributed by atoms with van der Waals surface area (Å²) in [5.74, 6) is -3.30. The summed E-state index contributed by atoms with van der Waals surface area (Å²) >= 11 is 6.44. The molecule has 0 spiro atoms. The first-order chi connectivity index (χ1) is 17.1. The van der Waals surface area contributed by atoms with Crippen LogP contribution in [0.25, 0.3) is 16.9 Å². The molecule has 0 amide bonds. The fraction of sp³-hybridized carbons (Fsp3) is 0.217. The number of carboxylic acids is 1. The molecule has 0 radical (unpaired) electrons. The summed E-state index contributed by atoms with van der Waals surface area (Å²) in [4.78, 5) is 35.1. The maximum Gasteiger partial charge on any atom is 0.341 e. The average molecular weight is 521 g/mol. The third-order valence-electron chi connectivity index (χ3n) is 5.18. The van der Waals surface area contributed by atoms with Gasteiger partial charge in [-0.15, -0.1) is 0 Å². The van der Waals surface area contributed by atoms with Crippen molar-refractivity contribution < 1.29 is 32.9 Å². The zero-order valence-corrected chi connectivity index (χ0v) is 19.9. The quantitative estimate of drug-likeness (QED) is 0.360. The Kier molecular flexibility index (Phi) is 6.80. The standard InChI is InChI=1S/C23H19ClF2N4O6/c1-10-21-22(28-11(2)27-10)30(23(33)29-21)15-7-18(17(6-13(15)24)36-9-19(31)32)35-8-12-16(34-3)5-4-14(25)20(12)26/h4-7H,8-9H2,1-3H3,(H,29,33)(H,31,32). The van der Waals surface area contributed by atoms with Gasteiger partial charge in [0.1, 0.15) is 23.7 Å². The molecule has 13 heteroatoms. The fourth-order valence-corrected chi connectivity index (χ4v) is 3.83. The van der Waals surface area contributed by atoms with E-state index in [0.29, 0.717) is 17.0 Å². The number of aryl methyl sites for hydroxylation is 2. The normalized spacial score (nSPS) is 11.1. The number of nitrogens with zero attached hydrogens (tertiary/aromatic N) is 3. The molecule has 0 aliphatic rings. The van der Waals surface area contributed by atoms with Gasteiger partial charge in [0, 0.05) is 12.1 Å². The molecule has 0 saturated carbocycles. The number of carbonyl (C=O) groups is 1. The van der Waals surface area contributed by atoms with Crippen LogP contribution < -0.4 is 19.9 Å². The van der Waals surface area contributed by atoms with Crippen molar-refractivity contribution in [3.63, 3.8) is 0 Å². The molecular weight excluding hydrogens is 502 g/mol. The molecule has 0 unspecified atom stereocenters. The zero-order valence-electron chi connectivity index (χ0n) is 19.2. The first-order valence-corrected chi connectivity index (χ1v) is 10.8. The summed E-state index contributed by atoms with van der Waals surface area (Å²) in [7, 11) is 1.28. The van der Waals surface area contributed by atoms with E-state index in [4.69, 9.17) is 30.9 Å². The van der Waals surface area contributed by atoms with E-state index >= 15 is 0 Å². The lowest BCUT2D eigenvalue weighted by Gasteiger charge is -2.16. The van der Waals surface area contributed by atoms with E-state index in [-0.39, 0.29) is 39.2 Å². The van der Waals surface area contributed by atoms with Crippen molar-refractivity contribution in [2.45, 2.75) is 20.5 Å². The van der Waals surface area contributed by atoms with Crippen LogP contribution in [0.5, 0.6) is 17.2 Å². The van der Waals surface area contributed by atoms with Crippen LogP contribution in [0.3, 0.4) is 0 Å². The molecule has 0 bridgehead atoms. The van der Waals surface area contributed by atoms with Gasteiger partial charge in [-0.3, -0.25) is 0 Å². The smallest absolute Gasteiger partial charge is 0.341 e. The van der Waals surface area contributed by atoms with Gasteiger partial charge in [-0.25, -0.2) is 32.9 Å². The lowest BCUT2D eigenvalue weighted by Crippen LogP contribution is -2.16. The van der Waals surface area contributed by atoms with Crippen LogP contribution >= 0.6 is 11.6 Å². The number of aliphatic carboxylic acids is 1. The highest BCUT2D eigenvalue weighted by Crippen LogP contribution is 2.37. The van der Waals surface area contributed by atoms with Crippen molar-refractivity contribution in [1.29, 1.82) is 0 Å². The Hall–Kier alpha value is -4.19. The van der Waals surface area contributed by atoms with Gasteiger partial charge in [-0.2, -0.15) is 0 Å². The monoisotopic (exact) mass is 520 g/mol. The molecule has 0 saturated heterocycles. The molecule has 0 atom stereocenters. The van der Waals surface area contributed by atoms with Crippen LogP contribution in [-0.2, 0) is 11.4 Å². The van der Waals surface area contributed by atoms with Crippen LogP contribution in [0.4, 0.5) is 8.78 Å². The highest BCUT2D eigenvalue weighted by molar-refractivity contribution is 6.32. The van der Waals surface area contributed by atoms with Gasteiger partial charge in [0.05, 0.1) is 29.1 Å². The highest BCUT2D eigenvalue weighted by atomic mass is 35.5. The van der Waals surface area contributed by atoms with Crippen molar-refractivity contribution >= 4 is 28.7 Å². The van der Waals surface area contributed by atoms with Gasteiger partial charge in [0.25, 0.3) is 0 Å². The SMILES string of the molecule is COc1ccc(F)c(F)c1COc1cc(-n2c(=O)[nH]c3c(C)nc(C)nc32)c(Cl)cc1OCC(=O)O. The number of benzene rings is 2. The number of imidazole rings is 1. The molecule has 4 rings (SSSR count). The number of fused-ring (bicyclic) bond motifs is 1. The Morgan fingerprint density at radius 3 is 2.56 bits per heavy atom. The molecule has 2 N–H and O–H groups in total.